The fraction of sp³-hybridized carbons (Fsp3) is 0.634. The molecule has 99 heavy (non-hydrogen) atoms. The Balaban J connectivity index is 1.54. The second-order valence-electron chi connectivity index (χ2n) is 29.8. The zero-order valence-electron chi connectivity index (χ0n) is 60.2. The Labute approximate surface area is 580 Å². The molecule has 0 aromatic heterocycles. The van der Waals surface area contributed by atoms with Crippen molar-refractivity contribution in [2.24, 2.45) is 0 Å². The van der Waals surface area contributed by atoms with Gasteiger partial charge in [-0.25, -0.2) is 24.0 Å². The van der Waals surface area contributed by atoms with Crippen LogP contribution in [0.15, 0.2) is 91.0 Å². The number of aliphatic hydroxyl groups is 2. The molecule has 550 valence electrons. The fourth-order valence-electron chi connectivity index (χ4n) is 11.5. The molecular formula is C71H104N6O22. The highest BCUT2D eigenvalue weighted by Crippen LogP contribution is 2.42. The molecule has 2 aliphatic heterocycles. The van der Waals surface area contributed by atoms with Gasteiger partial charge in [-0.3, -0.25) is 14.4 Å². The molecule has 2 saturated heterocycles. The summed E-state index contributed by atoms with van der Waals surface area (Å²) in [5.74, 6) is -2.86. The van der Waals surface area contributed by atoms with Gasteiger partial charge in [0.25, 0.3) is 5.91 Å². The summed E-state index contributed by atoms with van der Waals surface area (Å²) in [5.41, 5.74) is -4.43. The van der Waals surface area contributed by atoms with E-state index in [1.54, 1.807) is 104 Å². The number of likely N-dealkylation sites (N-methyl/N-ethyl adjacent to an activating group) is 1. The van der Waals surface area contributed by atoms with Crippen LogP contribution < -0.4 is 26.6 Å². The minimum Gasteiger partial charge on any atom is -0.455 e. The standard InChI is InChI=1S/C71H104N6O22/c1-41(78)89-50(36-37-72-61(83)95-66(3,4)5)58(82)73-48-38-49(75-63(85)97-68(9,10)11)56(93-59-47(74-62(84)96-67(6,7)8)35-34-46(91-59)39-77(18)65(87)99-70(15,16)17)54(81)55(48)94-60-57(90-42(2)79)52(76-64(86)98-69(12,13)14)53(80)51(92-60)40-88-71(43-28-22-19-23-29-43,44-30-24-20-25-31-44)45-32-26-21-27-33-45/h19-33,46-57,59-60,80-81H,34-40H2,1-18H3,(H,72,83)(H,73,82)(H,74,84)(H,75,85)(H,76,86)/t46?,47?,48-,49-,50+,51?,52+,53-,54?,55+,56?,57?,59-,60-/m1/s1. The van der Waals surface area contributed by atoms with Crippen molar-refractivity contribution in [3.63, 3.8) is 0 Å². The number of nitrogens with zero attached hydrogens (tertiary/aromatic N) is 1. The van der Waals surface area contributed by atoms with Crippen molar-refractivity contribution in [3.8, 4) is 0 Å². The molecule has 1 aliphatic carbocycles. The third-order valence-corrected chi connectivity index (χ3v) is 15.3. The lowest BCUT2D eigenvalue weighted by Crippen LogP contribution is -2.71. The summed E-state index contributed by atoms with van der Waals surface area (Å²) in [5, 5.41) is 39.9. The third-order valence-electron chi connectivity index (χ3n) is 15.3. The summed E-state index contributed by atoms with van der Waals surface area (Å²) < 4.78 is 74.2. The quantitative estimate of drug-likeness (QED) is 0.0285. The van der Waals surface area contributed by atoms with Gasteiger partial charge in [0, 0.05) is 40.4 Å². The van der Waals surface area contributed by atoms with Gasteiger partial charge < -0.3 is 98.5 Å². The Hall–Kier alpha value is -7.86. The molecule has 7 N–H and O–H groups in total. The van der Waals surface area contributed by atoms with E-state index in [-0.39, 0.29) is 32.4 Å². The highest BCUT2D eigenvalue weighted by Gasteiger charge is 2.56. The van der Waals surface area contributed by atoms with Crippen molar-refractivity contribution < 1.29 is 105 Å². The van der Waals surface area contributed by atoms with E-state index >= 15 is 0 Å². The molecule has 6 rings (SSSR count). The number of amides is 6. The van der Waals surface area contributed by atoms with Gasteiger partial charge in [-0.1, -0.05) is 91.0 Å². The number of hydrogen-bond donors (Lipinski definition) is 7. The summed E-state index contributed by atoms with van der Waals surface area (Å²) in [6.07, 6.45) is -21.9. The minimum atomic E-state index is -2.11. The SMILES string of the molecule is CC(=O)OC1[C@@H](O[C@@H]2C(O)C(O[C@H]3OC(CN(C)C(=O)OC(C)(C)C)CCC3NC(=O)OC(C)(C)C)[C@H](NC(=O)OC(C)(C)C)C[C@H]2NC(=O)[C@H](CCNC(=O)OC(C)(C)C)OC(C)=O)OC(COC(c2ccccc2)(c2ccccc2)c2ccccc2)[C@@H](O)[C@@H]1NC(=O)OC(C)(C)C. The average Bonchev–Trinajstić information content (AvgIpc) is 0.758. The Morgan fingerprint density at radius 1 is 0.525 bits per heavy atom. The largest absolute Gasteiger partial charge is 0.455 e. The van der Waals surface area contributed by atoms with Gasteiger partial charge in [-0.15, -0.1) is 0 Å². The van der Waals surface area contributed by atoms with Crippen LogP contribution in [0.4, 0.5) is 24.0 Å². The number of carbonyl (C=O) groups excluding carboxylic acids is 8. The first-order valence-electron chi connectivity index (χ1n) is 33.3. The molecule has 14 atom stereocenters. The number of carbonyl (C=O) groups is 8. The molecule has 3 fully saturated rings. The third kappa shape index (κ3) is 24.8. The van der Waals surface area contributed by atoms with Crippen molar-refractivity contribution in [2.45, 2.75) is 263 Å². The predicted octanol–water partition coefficient (Wildman–Crippen LogP) is 7.93. The van der Waals surface area contributed by atoms with E-state index in [1.807, 2.05) is 91.0 Å². The Bertz CT molecular complexity index is 3070. The molecule has 28 nitrogen and oxygen atoms in total. The number of esters is 2. The van der Waals surface area contributed by atoms with Crippen LogP contribution in [0, 0.1) is 0 Å². The molecule has 0 radical (unpaired) electrons. The Morgan fingerprint density at radius 2 is 0.970 bits per heavy atom. The van der Waals surface area contributed by atoms with E-state index in [4.69, 9.17) is 56.8 Å². The zero-order valence-corrected chi connectivity index (χ0v) is 60.2. The van der Waals surface area contributed by atoms with Gasteiger partial charge in [0.05, 0.1) is 30.8 Å². The Morgan fingerprint density at radius 3 is 1.43 bits per heavy atom. The van der Waals surface area contributed by atoms with E-state index in [0.29, 0.717) is 16.7 Å². The van der Waals surface area contributed by atoms with Crippen molar-refractivity contribution in [2.75, 3.05) is 26.7 Å². The maximum atomic E-state index is 15.0. The molecule has 3 aromatic carbocycles. The topological polar surface area (TPSA) is 351 Å². The lowest BCUT2D eigenvalue weighted by Gasteiger charge is -2.50. The summed E-state index contributed by atoms with van der Waals surface area (Å²) in [6.45, 7) is 26.0. The zero-order chi connectivity index (χ0) is 73.6. The number of rotatable bonds is 22. The maximum Gasteiger partial charge on any atom is 0.410 e. The fourth-order valence-corrected chi connectivity index (χ4v) is 11.5. The van der Waals surface area contributed by atoms with Crippen LogP contribution in [0.3, 0.4) is 0 Å². The van der Waals surface area contributed by atoms with Gasteiger partial charge >= 0.3 is 42.4 Å². The van der Waals surface area contributed by atoms with Crippen LogP contribution >= 0.6 is 0 Å². The van der Waals surface area contributed by atoms with Crippen LogP contribution in [0.2, 0.25) is 0 Å². The smallest absolute Gasteiger partial charge is 0.410 e. The summed E-state index contributed by atoms with van der Waals surface area (Å²) in [6, 6.07) is 22.1. The van der Waals surface area contributed by atoms with Crippen LogP contribution in [-0.4, -0.2) is 204 Å². The van der Waals surface area contributed by atoms with E-state index in [1.165, 1.54) is 11.9 Å². The second-order valence-corrected chi connectivity index (χ2v) is 29.8. The van der Waals surface area contributed by atoms with Crippen LogP contribution in [0.1, 0.15) is 160 Å². The van der Waals surface area contributed by atoms with Gasteiger partial charge in [0.15, 0.2) is 24.8 Å². The van der Waals surface area contributed by atoms with E-state index in [9.17, 15) is 48.6 Å². The molecule has 3 aliphatic rings. The first-order valence-corrected chi connectivity index (χ1v) is 33.3. The van der Waals surface area contributed by atoms with Gasteiger partial charge in [-0.2, -0.15) is 0 Å². The number of alkyl carbamates (subject to hydrolysis) is 4. The molecule has 0 spiro atoms. The van der Waals surface area contributed by atoms with Crippen molar-refractivity contribution in [3.05, 3.63) is 108 Å². The number of benzene rings is 3. The molecule has 0 bridgehead atoms. The number of ether oxygens (including phenoxy) is 12. The molecule has 3 aromatic rings. The normalized spacial score (nSPS) is 24.8. The summed E-state index contributed by atoms with van der Waals surface area (Å²) in [7, 11) is 1.51. The molecule has 1 saturated carbocycles. The van der Waals surface area contributed by atoms with Crippen molar-refractivity contribution in [1.82, 2.24) is 31.5 Å². The molecule has 6 unspecified atom stereocenters. The minimum absolute atomic E-state index is 0.0632. The second kappa shape index (κ2) is 34.0. The Kier molecular flexibility index (Phi) is 27.5. The highest BCUT2D eigenvalue weighted by molar-refractivity contribution is 5.84. The highest BCUT2D eigenvalue weighted by atomic mass is 16.7. The maximum absolute atomic E-state index is 15.0. The number of nitrogens with one attached hydrogen (secondary N) is 5. The van der Waals surface area contributed by atoms with E-state index in [0.717, 1.165) is 13.8 Å². The van der Waals surface area contributed by atoms with Crippen LogP contribution in [-0.2, 0) is 76.8 Å². The van der Waals surface area contributed by atoms with Crippen molar-refractivity contribution >= 4 is 48.3 Å². The number of hydrogen-bond acceptors (Lipinski definition) is 22. The molecular weight excluding hydrogens is 1290 g/mol. The van der Waals surface area contributed by atoms with Crippen molar-refractivity contribution in [1.29, 1.82) is 0 Å². The lowest BCUT2D eigenvalue weighted by atomic mass is 9.80. The van der Waals surface area contributed by atoms with Crippen LogP contribution in [0.25, 0.3) is 0 Å². The molecule has 28 heteroatoms. The van der Waals surface area contributed by atoms with E-state index in [2.05, 4.69) is 26.6 Å². The lowest BCUT2D eigenvalue weighted by molar-refractivity contribution is -0.320. The van der Waals surface area contributed by atoms with Gasteiger partial charge in [0.2, 0.25) is 0 Å². The van der Waals surface area contributed by atoms with Gasteiger partial charge in [-0.05, 0) is 140 Å². The molecule has 6 amide bonds. The van der Waals surface area contributed by atoms with Gasteiger partial charge in [0.1, 0.15) is 70.2 Å². The first-order chi connectivity index (χ1) is 46.0. The predicted molar refractivity (Wildman–Crippen MR) is 358 cm³/mol. The average molecular weight is 1390 g/mol. The van der Waals surface area contributed by atoms with E-state index < -0.39 is 181 Å². The number of aliphatic hydroxyl groups excluding tert-OH is 2. The first kappa shape index (κ1) is 80.1. The monoisotopic (exact) mass is 1390 g/mol. The summed E-state index contributed by atoms with van der Waals surface area (Å²) in [4.78, 5) is 111. The summed E-state index contributed by atoms with van der Waals surface area (Å²) >= 11 is 0. The molecule has 2 heterocycles. The van der Waals surface area contributed by atoms with Crippen LogP contribution in [0.5, 0.6) is 0 Å².